The predicted octanol–water partition coefficient (Wildman–Crippen LogP) is 6.95. The Balaban J connectivity index is 1.48. The van der Waals surface area contributed by atoms with Crippen molar-refractivity contribution in [3.8, 4) is 5.75 Å². The molecule has 6 nitrogen and oxygen atoms in total. The van der Waals surface area contributed by atoms with Gasteiger partial charge in [-0.15, -0.1) is 0 Å². The Bertz CT molecular complexity index is 1890. The lowest BCUT2D eigenvalue weighted by Crippen LogP contribution is -2.48. The Labute approximate surface area is 255 Å². The van der Waals surface area contributed by atoms with Gasteiger partial charge in [0, 0.05) is 35.2 Å². The van der Waals surface area contributed by atoms with Crippen molar-refractivity contribution in [1.29, 1.82) is 0 Å². The van der Waals surface area contributed by atoms with Gasteiger partial charge >= 0.3 is 12.1 Å². The lowest BCUT2D eigenvalue weighted by Gasteiger charge is -2.37. The van der Waals surface area contributed by atoms with Crippen LogP contribution in [-0.2, 0) is 11.0 Å². The number of hydrogen-bond acceptors (Lipinski definition) is 6. The third-order valence-corrected chi connectivity index (χ3v) is 8.98. The van der Waals surface area contributed by atoms with Gasteiger partial charge in [-0.25, -0.2) is 0 Å². The van der Waals surface area contributed by atoms with E-state index >= 15 is 0 Å². The van der Waals surface area contributed by atoms with E-state index in [2.05, 4.69) is 0 Å². The second-order valence-corrected chi connectivity index (χ2v) is 11.4. The van der Waals surface area contributed by atoms with E-state index in [-0.39, 0.29) is 28.0 Å². The summed E-state index contributed by atoms with van der Waals surface area (Å²) in [6.07, 6.45) is -1.05. The molecule has 1 spiro atoms. The highest BCUT2D eigenvalue weighted by Gasteiger charge is 2.71. The van der Waals surface area contributed by atoms with Crippen LogP contribution in [0.2, 0.25) is 0 Å². The Morgan fingerprint density at radius 1 is 0.800 bits per heavy atom. The summed E-state index contributed by atoms with van der Waals surface area (Å²) in [5.41, 5.74) is -0.460. The summed E-state index contributed by atoms with van der Waals surface area (Å²) in [6, 6.07) is 21.9. The maximum Gasteiger partial charge on any atom is 0.416 e. The molecule has 7 rings (SSSR count). The summed E-state index contributed by atoms with van der Waals surface area (Å²) in [6.45, 7) is 1.25. The molecule has 45 heavy (non-hydrogen) atoms. The zero-order valence-electron chi connectivity index (χ0n) is 23.7. The van der Waals surface area contributed by atoms with Crippen LogP contribution in [-0.4, -0.2) is 35.4 Å². The molecule has 3 atom stereocenters. The van der Waals surface area contributed by atoms with E-state index in [9.17, 15) is 32.3 Å². The number of alkyl halides is 3. The molecule has 1 fully saturated rings. The lowest BCUT2D eigenvalue weighted by atomic mass is 9.64. The molecule has 0 radical (unpaired) electrons. The van der Waals surface area contributed by atoms with Gasteiger partial charge in [0.05, 0.1) is 11.6 Å². The van der Waals surface area contributed by atoms with Gasteiger partial charge in [0.25, 0.3) is 0 Å². The molecule has 3 aliphatic rings. The van der Waals surface area contributed by atoms with Gasteiger partial charge in [-0.05, 0) is 53.6 Å². The van der Waals surface area contributed by atoms with Crippen LogP contribution in [0.1, 0.15) is 60.6 Å². The Morgan fingerprint density at radius 3 is 2.00 bits per heavy atom. The van der Waals surface area contributed by atoms with Crippen LogP contribution in [0.4, 0.5) is 18.9 Å². The number of Topliss-reactive ketones (excluding diaryl/α,β-unsaturated/α-hetero) is 3. The molecule has 2 heterocycles. The van der Waals surface area contributed by atoms with E-state index in [0.717, 1.165) is 17.7 Å². The molecule has 224 valence electrons. The fraction of sp³-hybridized carbons (Fsp3) is 0.167. The maximum atomic E-state index is 14.7. The van der Waals surface area contributed by atoms with Crippen molar-refractivity contribution in [3.05, 3.63) is 137 Å². The number of rotatable bonds is 4. The Hall–Kier alpha value is -5.31. The molecule has 9 heteroatoms. The first kappa shape index (κ1) is 28.5. The third-order valence-electron chi connectivity index (χ3n) is 8.98. The topological polar surface area (TPSA) is 80.8 Å². The Kier molecular flexibility index (Phi) is 6.40. The van der Waals surface area contributed by atoms with Crippen molar-refractivity contribution in [3.63, 3.8) is 0 Å². The molecule has 0 aromatic heterocycles. The van der Waals surface area contributed by atoms with E-state index in [4.69, 9.17) is 4.74 Å². The summed E-state index contributed by atoms with van der Waals surface area (Å²) in [5, 5.41) is 0. The van der Waals surface area contributed by atoms with Crippen molar-refractivity contribution in [2.75, 3.05) is 4.90 Å². The second-order valence-electron chi connectivity index (χ2n) is 11.4. The molecule has 0 bridgehead atoms. The number of para-hydroxylation sites is 1. The van der Waals surface area contributed by atoms with Crippen molar-refractivity contribution < 1.29 is 37.1 Å². The minimum absolute atomic E-state index is 0.213. The fourth-order valence-electron chi connectivity index (χ4n) is 7.19. The van der Waals surface area contributed by atoms with E-state index in [1.807, 2.05) is 18.2 Å². The minimum Gasteiger partial charge on any atom is -0.427 e. The quantitative estimate of drug-likeness (QED) is 0.108. The number of nitrogens with zero attached hydrogens (tertiary/aromatic N) is 1. The standard InChI is InChI=1S/C36H24F3NO5/c1-20(41)45-25-17-12-23(13-18-25)32(42)31-30(22-10-15-24(16-11-22)36(37,38)39)35(33(43)26-7-3-4-8-27(26)34(35)44)29-19-14-21-6-2-5-9-28(21)40(29)31/h2-19,29-31H,1H3/t29-,30-,31+/m0/s1. The van der Waals surface area contributed by atoms with E-state index in [1.165, 1.54) is 43.3 Å². The zero-order valence-corrected chi connectivity index (χ0v) is 23.7. The van der Waals surface area contributed by atoms with Gasteiger partial charge in [0.15, 0.2) is 17.3 Å². The van der Waals surface area contributed by atoms with E-state index in [0.29, 0.717) is 5.69 Å². The minimum atomic E-state index is -4.61. The van der Waals surface area contributed by atoms with Gasteiger partial charge < -0.3 is 9.64 Å². The molecule has 0 N–H and O–H groups in total. The third kappa shape index (κ3) is 4.18. The number of hydrogen-bond donors (Lipinski definition) is 0. The molecule has 1 aliphatic carbocycles. The number of ketones is 3. The first-order valence-corrected chi connectivity index (χ1v) is 14.3. The molecule has 4 aromatic rings. The normalized spacial score (nSPS) is 21.0. The van der Waals surface area contributed by atoms with Crippen LogP contribution in [0.25, 0.3) is 6.08 Å². The van der Waals surface area contributed by atoms with Crippen molar-refractivity contribution in [2.24, 2.45) is 5.41 Å². The highest BCUT2D eigenvalue weighted by molar-refractivity contribution is 6.32. The van der Waals surface area contributed by atoms with Gasteiger partial charge in [0.1, 0.15) is 17.2 Å². The number of anilines is 1. The second kappa shape index (κ2) is 10.1. The number of carbonyl (C=O) groups is 4. The van der Waals surface area contributed by atoms with Crippen LogP contribution in [0, 0.1) is 5.41 Å². The van der Waals surface area contributed by atoms with Crippen LogP contribution in [0.5, 0.6) is 5.75 Å². The van der Waals surface area contributed by atoms with Gasteiger partial charge in [-0.3, -0.25) is 19.2 Å². The van der Waals surface area contributed by atoms with E-state index in [1.54, 1.807) is 47.4 Å². The van der Waals surface area contributed by atoms with Gasteiger partial charge in [-0.1, -0.05) is 66.7 Å². The summed E-state index contributed by atoms with van der Waals surface area (Å²) in [5.74, 6) is -2.87. The number of ether oxygens (including phenoxy) is 1. The number of carbonyl (C=O) groups excluding carboxylic acids is 4. The molecular formula is C36H24F3NO5. The molecule has 0 saturated carbocycles. The number of fused-ring (bicyclic) bond motifs is 5. The highest BCUT2D eigenvalue weighted by atomic mass is 19.4. The van der Waals surface area contributed by atoms with Crippen molar-refractivity contribution in [2.45, 2.75) is 31.1 Å². The Morgan fingerprint density at radius 2 is 1.40 bits per heavy atom. The fourth-order valence-corrected chi connectivity index (χ4v) is 7.19. The number of benzene rings is 4. The van der Waals surface area contributed by atoms with Crippen LogP contribution < -0.4 is 9.64 Å². The monoisotopic (exact) mass is 607 g/mol. The van der Waals surface area contributed by atoms with Crippen molar-refractivity contribution >= 4 is 35.1 Å². The predicted molar refractivity (Wildman–Crippen MR) is 159 cm³/mol. The molecule has 4 aromatic carbocycles. The average molecular weight is 608 g/mol. The molecule has 0 unspecified atom stereocenters. The number of halogens is 3. The molecule has 0 amide bonds. The molecule has 1 saturated heterocycles. The molecule has 2 aliphatic heterocycles. The SMILES string of the molecule is CC(=O)Oc1ccc(C(=O)[C@H]2[C@H](c3ccc(C(F)(F)F)cc3)C3(C(=O)c4ccccc4C3=O)[C@@H]3C=Cc4ccccc4N32)cc1. The highest BCUT2D eigenvalue weighted by Crippen LogP contribution is 2.61. The largest absolute Gasteiger partial charge is 0.427 e. The van der Waals surface area contributed by atoms with Crippen LogP contribution in [0.15, 0.2) is 103 Å². The van der Waals surface area contributed by atoms with Gasteiger partial charge in [-0.2, -0.15) is 13.2 Å². The lowest BCUT2D eigenvalue weighted by molar-refractivity contribution is -0.137. The average Bonchev–Trinajstić information content (AvgIpc) is 3.46. The van der Waals surface area contributed by atoms with Gasteiger partial charge in [0.2, 0.25) is 0 Å². The van der Waals surface area contributed by atoms with E-state index < -0.39 is 58.5 Å². The molecular weight excluding hydrogens is 583 g/mol. The summed E-state index contributed by atoms with van der Waals surface area (Å²) >= 11 is 0. The maximum absolute atomic E-state index is 14.7. The van der Waals surface area contributed by atoms with Crippen LogP contribution >= 0.6 is 0 Å². The van der Waals surface area contributed by atoms with Crippen molar-refractivity contribution in [1.82, 2.24) is 0 Å². The zero-order chi connectivity index (χ0) is 31.7. The summed E-state index contributed by atoms with van der Waals surface area (Å²) in [7, 11) is 0. The first-order chi connectivity index (χ1) is 21.5. The van der Waals surface area contributed by atoms with Crippen LogP contribution in [0.3, 0.4) is 0 Å². The number of esters is 1. The first-order valence-electron chi connectivity index (χ1n) is 14.3. The summed E-state index contributed by atoms with van der Waals surface area (Å²) < 4.78 is 46.0. The smallest absolute Gasteiger partial charge is 0.416 e. The summed E-state index contributed by atoms with van der Waals surface area (Å²) in [4.78, 5) is 57.2.